The van der Waals surface area contributed by atoms with Gasteiger partial charge in [-0.05, 0) is 53.4 Å². The van der Waals surface area contributed by atoms with Crippen LogP contribution in [-0.2, 0) is 12.0 Å². The van der Waals surface area contributed by atoms with Crippen LogP contribution in [0.25, 0.3) is 0 Å². The quantitative estimate of drug-likeness (QED) is 0.438. The number of halogens is 3. The highest BCUT2D eigenvalue weighted by Gasteiger charge is 2.15. The van der Waals surface area contributed by atoms with Gasteiger partial charge < -0.3 is 19.2 Å². The predicted octanol–water partition coefficient (Wildman–Crippen LogP) is 6.66. The molecule has 0 saturated carbocycles. The predicted molar refractivity (Wildman–Crippen MR) is 114 cm³/mol. The number of amides is 1. The molecule has 0 aliphatic carbocycles. The number of hydrogen-bond donors (Lipinski definition) is 1. The van der Waals surface area contributed by atoms with E-state index < -0.39 is 12.5 Å². The molecule has 1 N–H and O–H groups in total. The standard InChI is InChI=1S/C23H22ClF2NO4/c1-23(2,3)14-4-7-16(8-5-14)29-13-17-9-11-20(30-17)21(28)27-15-6-10-19(18(24)12-15)31-22(25)26/h4-12,22H,13H2,1-3H3,(H,27,28). The highest BCUT2D eigenvalue weighted by atomic mass is 35.5. The summed E-state index contributed by atoms with van der Waals surface area (Å²) in [5.41, 5.74) is 1.57. The lowest BCUT2D eigenvalue weighted by Gasteiger charge is -2.19. The van der Waals surface area contributed by atoms with Gasteiger partial charge in [0.15, 0.2) is 5.76 Å². The zero-order chi connectivity index (χ0) is 22.6. The molecule has 31 heavy (non-hydrogen) atoms. The molecule has 0 bridgehead atoms. The van der Waals surface area contributed by atoms with Gasteiger partial charge in [0.2, 0.25) is 0 Å². The zero-order valence-corrected chi connectivity index (χ0v) is 18.0. The largest absolute Gasteiger partial charge is 0.486 e. The maximum absolute atomic E-state index is 12.4. The summed E-state index contributed by atoms with van der Waals surface area (Å²) in [5, 5.41) is 2.53. The van der Waals surface area contributed by atoms with Gasteiger partial charge in [-0.1, -0.05) is 44.5 Å². The van der Waals surface area contributed by atoms with E-state index in [-0.39, 0.29) is 28.6 Å². The second-order valence-electron chi connectivity index (χ2n) is 7.81. The van der Waals surface area contributed by atoms with Crippen LogP contribution in [0.1, 0.15) is 42.6 Å². The van der Waals surface area contributed by atoms with Gasteiger partial charge in [0.25, 0.3) is 5.91 Å². The minimum absolute atomic E-state index is 0.0517. The van der Waals surface area contributed by atoms with Crippen molar-refractivity contribution in [1.29, 1.82) is 0 Å². The smallest absolute Gasteiger partial charge is 0.387 e. The summed E-state index contributed by atoms with van der Waals surface area (Å²) < 4.78 is 40.1. The second-order valence-corrected chi connectivity index (χ2v) is 8.21. The minimum atomic E-state index is -2.99. The monoisotopic (exact) mass is 449 g/mol. The van der Waals surface area contributed by atoms with Gasteiger partial charge in [0.05, 0.1) is 5.02 Å². The molecular weight excluding hydrogens is 428 g/mol. The highest BCUT2D eigenvalue weighted by molar-refractivity contribution is 6.32. The first-order chi connectivity index (χ1) is 14.6. The third kappa shape index (κ3) is 6.21. The molecule has 0 radical (unpaired) electrons. The summed E-state index contributed by atoms with van der Waals surface area (Å²) in [7, 11) is 0. The topological polar surface area (TPSA) is 60.7 Å². The summed E-state index contributed by atoms with van der Waals surface area (Å²) >= 11 is 5.89. The molecule has 0 fully saturated rings. The van der Waals surface area contributed by atoms with E-state index in [2.05, 4.69) is 30.8 Å². The summed E-state index contributed by atoms with van der Waals surface area (Å²) in [4.78, 5) is 12.4. The van der Waals surface area contributed by atoms with Gasteiger partial charge in [-0.2, -0.15) is 8.78 Å². The van der Waals surface area contributed by atoms with Crippen molar-refractivity contribution in [2.75, 3.05) is 5.32 Å². The Labute approximate surface area is 183 Å². The Kier molecular flexibility index (Phi) is 6.85. The van der Waals surface area contributed by atoms with Gasteiger partial charge in [0, 0.05) is 5.69 Å². The second kappa shape index (κ2) is 9.39. The first-order valence-electron chi connectivity index (χ1n) is 9.49. The molecule has 8 heteroatoms. The Bertz CT molecular complexity index is 1040. The van der Waals surface area contributed by atoms with Crippen LogP contribution in [0.2, 0.25) is 5.02 Å². The number of nitrogens with one attached hydrogen (secondary N) is 1. The molecule has 0 aliphatic rings. The molecule has 3 aromatic rings. The van der Waals surface area contributed by atoms with Crippen LogP contribution in [0.5, 0.6) is 11.5 Å². The lowest BCUT2D eigenvalue weighted by molar-refractivity contribution is -0.0497. The Hall–Kier alpha value is -3.06. The van der Waals surface area contributed by atoms with Crippen molar-refractivity contribution in [3.8, 4) is 11.5 Å². The van der Waals surface area contributed by atoms with Gasteiger partial charge in [0.1, 0.15) is 23.9 Å². The van der Waals surface area contributed by atoms with E-state index in [0.29, 0.717) is 17.2 Å². The van der Waals surface area contributed by atoms with E-state index >= 15 is 0 Å². The van der Waals surface area contributed by atoms with Crippen molar-refractivity contribution in [1.82, 2.24) is 0 Å². The summed E-state index contributed by atoms with van der Waals surface area (Å²) in [6.45, 7) is 3.58. The fourth-order valence-electron chi connectivity index (χ4n) is 2.75. The van der Waals surface area contributed by atoms with E-state index in [1.54, 1.807) is 6.07 Å². The molecule has 1 aromatic heterocycles. The fraction of sp³-hybridized carbons (Fsp3) is 0.261. The first kappa shape index (κ1) is 22.6. The van der Waals surface area contributed by atoms with E-state index in [1.807, 2.05) is 24.3 Å². The normalized spacial score (nSPS) is 11.5. The van der Waals surface area contributed by atoms with Crippen molar-refractivity contribution in [3.05, 3.63) is 76.7 Å². The molecule has 164 valence electrons. The molecule has 0 saturated heterocycles. The highest BCUT2D eigenvalue weighted by Crippen LogP contribution is 2.29. The van der Waals surface area contributed by atoms with Crippen LogP contribution in [-0.4, -0.2) is 12.5 Å². The number of ether oxygens (including phenoxy) is 2. The average molecular weight is 450 g/mol. The van der Waals surface area contributed by atoms with Gasteiger partial charge in [-0.15, -0.1) is 0 Å². The van der Waals surface area contributed by atoms with Crippen LogP contribution >= 0.6 is 11.6 Å². The fourth-order valence-corrected chi connectivity index (χ4v) is 2.97. The number of rotatable bonds is 7. The number of anilines is 1. The third-order valence-corrected chi connectivity index (χ3v) is 4.69. The maximum Gasteiger partial charge on any atom is 0.387 e. The van der Waals surface area contributed by atoms with Crippen molar-refractivity contribution < 1.29 is 27.5 Å². The van der Waals surface area contributed by atoms with Crippen LogP contribution in [0.15, 0.2) is 59.0 Å². The molecule has 1 amide bonds. The number of carbonyl (C=O) groups excluding carboxylic acids is 1. The first-order valence-corrected chi connectivity index (χ1v) is 9.87. The van der Waals surface area contributed by atoms with Crippen LogP contribution in [0.3, 0.4) is 0 Å². The number of furan rings is 1. The summed E-state index contributed by atoms with van der Waals surface area (Å²) in [6.07, 6.45) is 0. The number of carbonyl (C=O) groups is 1. The number of benzene rings is 2. The Morgan fingerprint density at radius 3 is 2.42 bits per heavy atom. The third-order valence-electron chi connectivity index (χ3n) is 4.39. The van der Waals surface area contributed by atoms with E-state index in [0.717, 1.165) is 0 Å². The SMILES string of the molecule is CC(C)(C)c1ccc(OCc2ccc(C(=O)Nc3ccc(OC(F)F)c(Cl)c3)o2)cc1. The average Bonchev–Trinajstić information content (AvgIpc) is 3.17. The van der Waals surface area contributed by atoms with Gasteiger partial charge >= 0.3 is 6.61 Å². The molecular formula is C23H22ClF2NO4. The summed E-state index contributed by atoms with van der Waals surface area (Å²) in [5.74, 6) is 0.549. The molecule has 0 unspecified atom stereocenters. The molecule has 2 aromatic carbocycles. The van der Waals surface area contributed by atoms with E-state index in [9.17, 15) is 13.6 Å². The van der Waals surface area contributed by atoms with E-state index in [4.69, 9.17) is 20.8 Å². The molecule has 5 nitrogen and oxygen atoms in total. The van der Waals surface area contributed by atoms with Crippen LogP contribution < -0.4 is 14.8 Å². The van der Waals surface area contributed by atoms with Gasteiger partial charge in [-0.25, -0.2) is 0 Å². The number of hydrogen-bond acceptors (Lipinski definition) is 4. The Morgan fingerprint density at radius 1 is 1.10 bits per heavy atom. The molecule has 0 spiro atoms. The zero-order valence-electron chi connectivity index (χ0n) is 17.2. The van der Waals surface area contributed by atoms with Crippen LogP contribution in [0, 0.1) is 0 Å². The molecule has 1 heterocycles. The lowest BCUT2D eigenvalue weighted by Crippen LogP contribution is -2.11. The minimum Gasteiger partial charge on any atom is -0.486 e. The molecule has 0 atom stereocenters. The summed E-state index contributed by atoms with van der Waals surface area (Å²) in [6, 6.07) is 14.9. The van der Waals surface area contributed by atoms with Crippen LogP contribution in [0.4, 0.5) is 14.5 Å². The van der Waals surface area contributed by atoms with E-state index in [1.165, 1.54) is 29.8 Å². The maximum atomic E-state index is 12.4. The van der Waals surface area contributed by atoms with Crippen molar-refractivity contribution in [2.24, 2.45) is 0 Å². The molecule has 3 rings (SSSR count). The van der Waals surface area contributed by atoms with Gasteiger partial charge in [-0.3, -0.25) is 4.79 Å². The Balaban J connectivity index is 1.57. The number of alkyl halides is 2. The van der Waals surface area contributed by atoms with Crippen molar-refractivity contribution in [2.45, 2.75) is 39.4 Å². The molecule has 0 aliphatic heterocycles. The van der Waals surface area contributed by atoms with Crippen molar-refractivity contribution in [3.63, 3.8) is 0 Å². The lowest BCUT2D eigenvalue weighted by atomic mass is 9.87. The van der Waals surface area contributed by atoms with Crippen molar-refractivity contribution >= 4 is 23.2 Å². The Morgan fingerprint density at radius 2 is 1.81 bits per heavy atom.